The van der Waals surface area contributed by atoms with Crippen LogP contribution in [0, 0.1) is 0 Å². The van der Waals surface area contributed by atoms with Gasteiger partial charge in [-0.05, 0) is 77.3 Å². The van der Waals surface area contributed by atoms with E-state index < -0.39 is 27.2 Å². The molecule has 10 heteroatoms. The van der Waals surface area contributed by atoms with E-state index >= 15 is 0 Å². The molecule has 0 unspecified atom stereocenters. The number of fused-ring (bicyclic) bond motifs is 1. The molecule has 1 aromatic heterocycles. The molecule has 0 fully saturated rings. The van der Waals surface area contributed by atoms with Crippen LogP contribution in [0.25, 0.3) is 11.1 Å². The molecule has 172 valence electrons. The van der Waals surface area contributed by atoms with Crippen molar-refractivity contribution in [2.24, 2.45) is 0 Å². The number of hydrogen-bond donors (Lipinski definition) is 2. The molecule has 0 atom stereocenters. The van der Waals surface area contributed by atoms with Crippen molar-refractivity contribution >= 4 is 32.7 Å². The summed E-state index contributed by atoms with van der Waals surface area (Å²) in [5.41, 5.74) is 1.20. The van der Waals surface area contributed by atoms with Gasteiger partial charge in [0.25, 0.3) is 5.91 Å². The Kier molecular flexibility index (Phi) is 6.59. The van der Waals surface area contributed by atoms with Crippen LogP contribution in [0.1, 0.15) is 31.1 Å². The average Bonchev–Trinajstić information content (AvgIpc) is 2.99. The van der Waals surface area contributed by atoms with Crippen LogP contribution in [0.2, 0.25) is 0 Å². The molecule has 2 aromatic carbocycles. The maximum Gasteiger partial charge on any atom is 0.419 e. The first kappa shape index (κ1) is 23.7. The van der Waals surface area contributed by atoms with Crippen molar-refractivity contribution in [2.75, 3.05) is 26.0 Å². The van der Waals surface area contributed by atoms with Gasteiger partial charge in [0.15, 0.2) is 5.58 Å². The highest BCUT2D eigenvalue weighted by Gasteiger charge is 2.22. The van der Waals surface area contributed by atoms with Crippen LogP contribution in [0.15, 0.2) is 56.6 Å². The van der Waals surface area contributed by atoms with E-state index in [0.29, 0.717) is 35.4 Å². The molecule has 1 amide bonds. The van der Waals surface area contributed by atoms with E-state index in [1.54, 1.807) is 39.0 Å². The van der Waals surface area contributed by atoms with Crippen LogP contribution in [0.3, 0.4) is 0 Å². The zero-order valence-electron chi connectivity index (χ0n) is 18.8. The molecule has 2 N–H and O–H groups in total. The minimum Gasteiger partial charge on any atom is -0.408 e. The molecule has 0 aliphatic carbocycles. The lowest BCUT2D eigenvalue weighted by molar-refractivity contribution is 0.102. The van der Waals surface area contributed by atoms with E-state index in [0.717, 1.165) is 0 Å². The number of anilines is 1. The molecule has 0 spiro atoms. The zero-order valence-corrected chi connectivity index (χ0v) is 19.6. The second-order valence-electron chi connectivity index (χ2n) is 8.84. The fraction of sp³-hybridized carbons (Fsp3) is 0.364. The van der Waals surface area contributed by atoms with Gasteiger partial charge in [0, 0.05) is 29.9 Å². The van der Waals surface area contributed by atoms with E-state index in [4.69, 9.17) is 4.42 Å². The maximum absolute atomic E-state index is 12.7. The minimum absolute atomic E-state index is 0.0775. The Morgan fingerprint density at radius 3 is 2.34 bits per heavy atom. The van der Waals surface area contributed by atoms with E-state index in [9.17, 15) is 18.0 Å². The first-order valence-corrected chi connectivity index (χ1v) is 11.6. The van der Waals surface area contributed by atoms with Gasteiger partial charge in [0.2, 0.25) is 10.0 Å². The molecular formula is C22H28N4O5S. The molecule has 0 radical (unpaired) electrons. The Balaban J connectivity index is 1.79. The average molecular weight is 461 g/mol. The second-order valence-corrected chi connectivity index (χ2v) is 10.5. The standard InChI is InChI=1S/C22H28N4O5S/c1-22(2,3)24-32(29,30)17-9-6-15(7-10-17)20(27)23-16-8-11-19-18(14-16)26(21(28)31-19)13-12-25(4)5/h6-11,14,24H,12-13H2,1-5H3,(H,23,27). The number of hydrogen-bond acceptors (Lipinski definition) is 6. The quantitative estimate of drug-likeness (QED) is 0.560. The summed E-state index contributed by atoms with van der Waals surface area (Å²) in [7, 11) is 0.137. The number of nitrogens with one attached hydrogen (secondary N) is 2. The molecule has 9 nitrogen and oxygen atoms in total. The Morgan fingerprint density at radius 2 is 1.75 bits per heavy atom. The van der Waals surface area contributed by atoms with Gasteiger partial charge < -0.3 is 14.6 Å². The number of oxazole rings is 1. The Morgan fingerprint density at radius 1 is 1.09 bits per heavy atom. The fourth-order valence-electron chi connectivity index (χ4n) is 3.10. The highest BCUT2D eigenvalue weighted by atomic mass is 32.2. The lowest BCUT2D eigenvalue weighted by Gasteiger charge is -2.20. The van der Waals surface area contributed by atoms with Gasteiger partial charge in [-0.3, -0.25) is 9.36 Å². The van der Waals surface area contributed by atoms with Crippen LogP contribution in [-0.4, -0.2) is 50.0 Å². The monoisotopic (exact) mass is 460 g/mol. The van der Waals surface area contributed by atoms with Crippen molar-refractivity contribution in [3.05, 3.63) is 58.6 Å². The molecule has 0 saturated carbocycles. The van der Waals surface area contributed by atoms with Crippen LogP contribution < -0.4 is 15.8 Å². The molecule has 3 rings (SSSR count). The molecule has 0 saturated heterocycles. The Labute approximate surface area is 187 Å². The van der Waals surface area contributed by atoms with Crippen molar-refractivity contribution in [1.82, 2.24) is 14.2 Å². The first-order chi connectivity index (χ1) is 14.9. The number of carbonyl (C=O) groups excluding carboxylic acids is 1. The van der Waals surface area contributed by atoms with E-state index in [-0.39, 0.29) is 4.90 Å². The molecule has 1 heterocycles. The van der Waals surface area contributed by atoms with Crippen LogP contribution in [-0.2, 0) is 16.6 Å². The third-order valence-corrected chi connectivity index (χ3v) is 6.34. The summed E-state index contributed by atoms with van der Waals surface area (Å²) in [6.07, 6.45) is 0. The zero-order chi connectivity index (χ0) is 23.7. The predicted molar refractivity (Wildman–Crippen MR) is 123 cm³/mol. The van der Waals surface area contributed by atoms with Crippen LogP contribution in [0.4, 0.5) is 5.69 Å². The highest BCUT2D eigenvalue weighted by Crippen LogP contribution is 2.20. The summed E-state index contributed by atoms with van der Waals surface area (Å²) in [6, 6.07) is 10.6. The fourth-order valence-corrected chi connectivity index (χ4v) is 4.52. The largest absolute Gasteiger partial charge is 0.419 e. The van der Waals surface area contributed by atoms with Gasteiger partial charge in [-0.25, -0.2) is 17.9 Å². The number of aromatic nitrogens is 1. The highest BCUT2D eigenvalue weighted by molar-refractivity contribution is 7.89. The molecule has 0 aliphatic heterocycles. The SMILES string of the molecule is CN(C)CCn1c(=O)oc2ccc(NC(=O)c3ccc(S(=O)(=O)NC(C)(C)C)cc3)cc21. The lowest BCUT2D eigenvalue weighted by atomic mass is 10.1. The normalized spacial score (nSPS) is 12.4. The number of sulfonamides is 1. The minimum atomic E-state index is -3.69. The van der Waals surface area contributed by atoms with Crippen molar-refractivity contribution in [1.29, 1.82) is 0 Å². The number of likely N-dealkylation sites (N-methyl/N-ethyl adjacent to an activating group) is 1. The summed E-state index contributed by atoms with van der Waals surface area (Å²) in [5.74, 6) is -0.853. The third-order valence-electron chi connectivity index (χ3n) is 4.56. The van der Waals surface area contributed by atoms with Gasteiger partial charge in [-0.2, -0.15) is 0 Å². The van der Waals surface area contributed by atoms with Gasteiger partial charge in [0.1, 0.15) is 0 Å². The van der Waals surface area contributed by atoms with Crippen LogP contribution in [0.5, 0.6) is 0 Å². The first-order valence-electron chi connectivity index (χ1n) is 10.1. The number of amides is 1. The molecule has 32 heavy (non-hydrogen) atoms. The summed E-state index contributed by atoms with van der Waals surface area (Å²) < 4.78 is 34.2. The van der Waals surface area contributed by atoms with E-state index in [2.05, 4.69) is 10.0 Å². The third kappa shape index (κ3) is 5.64. The van der Waals surface area contributed by atoms with Gasteiger partial charge in [-0.1, -0.05) is 0 Å². The van der Waals surface area contributed by atoms with Gasteiger partial charge in [0.05, 0.1) is 10.4 Å². The summed E-state index contributed by atoms with van der Waals surface area (Å²) in [5, 5.41) is 2.78. The van der Waals surface area contributed by atoms with Crippen molar-refractivity contribution in [3.8, 4) is 0 Å². The molecule has 3 aromatic rings. The van der Waals surface area contributed by atoms with Gasteiger partial charge >= 0.3 is 5.76 Å². The lowest BCUT2D eigenvalue weighted by Crippen LogP contribution is -2.40. The smallest absolute Gasteiger partial charge is 0.408 e. The topological polar surface area (TPSA) is 114 Å². The summed E-state index contributed by atoms with van der Waals surface area (Å²) >= 11 is 0. The Hall–Kier alpha value is -2.95. The maximum atomic E-state index is 12.7. The Bertz CT molecular complexity index is 1280. The van der Waals surface area contributed by atoms with Crippen molar-refractivity contribution < 1.29 is 17.6 Å². The van der Waals surface area contributed by atoms with E-state index in [1.165, 1.54) is 28.8 Å². The summed E-state index contributed by atoms with van der Waals surface area (Å²) in [4.78, 5) is 26.8. The van der Waals surface area contributed by atoms with Crippen molar-refractivity contribution in [3.63, 3.8) is 0 Å². The summed E-state index contributed by atoms with van der Waals surface area (Å²) in [6.45, 7) is 6.37. The molecule has 0 aliphatic rings. The number of carbonyl (C=O) groups is 1. The van der Waals surface area contributed by atoms with Gasteiger partial charge in [-0.15, -0.1) is 0 Å². The number of rotatable bonds is 7. The number of benzene rings is 2. The van der Waals surface area contributed by atoms with Crippen molar-refractivity contribution in [2.45, 2.75) is 37.8 Å². The predicted octanol–water partition coefficient (Wildman–Crippen LogP) is 2.49. The van der Waals surface area contributed by atoms with Crippen LogP contribution >= 0.6 is 0 Å². The van der Waals surface area contributed by atoms with E-state index in [1.807, 2.05) is 19.0 Å². The number of nitrogens with zero attached hydrogens (tertiary/aromatic N) is 2. The second kappa shape index (κ2) is 8.89. The molecular weight excluding hydrogens is 432 g/mol. The molecule has 0 bridgehead atoms.